The second-order valence-corrected chi connectivity index (χ2v) is 6.01. The lowest BCUT2D eigenvalue weighted by molar-refractivity contribution is -0.0611. The largest absolute Gasteiger partial charge is 0.379 e. The molecule has 3 rings (SSSR count). The van der Waals surface area contributed by atoms with E-state index in [2.05, 4.69) is 15.3 Å². The summed E-state index contributed by atoms with van der Waals surface area (Å²) in [5.74, 6) is -0.100. The van der Waals surface area contributed by atoms with Gasteiger partial charge in [0, 0.05) is 23.9 Å². The van der Waals surface area contributed by atoms with E-state index >= 15 is 0 Å². The minimum atomic E-state index is -0.144. The summed E-state index contributed by atoms with van der Waals surface area (Å²) in [6.07, 6.45) is 2.47. The van der Waals surface area contributed by atoms with Gasteiger partial charge < -0.3 is 19.8 Å². The maximum absolute atomic E-state index is 12.3. The monoisotopic (exact) mass is 321 g/mol. The van der Waals surface area contributed by atoms with Crippen LogP contribution < -0.4 is 5.32 Å². The summed E-state index contributed by atoms with van der Waals surface area (Å²) in [4.78, 5) is 19.5. The Morgan fingerprint density at radius 2 is 2.55 bits per heavy atom. The van der Waals surface area contributed by atoms with Crippen molar-refractivity contribution in [1.82, 2.24) is 15.3 Å². The lowest BCUT2D eigenvalue weighted by atomic mass is 10.1. The lowest BCUT2D eigenvalue weighted by Gasteiger charge is -2.32. The van der Waals surface area contributed by atoms with Crippen molar-refractivity contribution in [3.05, 3.63) is 40.1 Å². The maximum atomic E-state index is 12.3. The molecule has 0 aliphatic carbocycles. The smallest absolute Gasteiger partial charge is 0.253 e. The average molecular weight is 321 g/mol. The van der Waals surface area contributed by atoms with Crippen molar-refractivity contribution in [2.24, 2.45) is 0 Å². The average Bonchev–Trinajstić information content (AvgIpc) is 3.17. The number of carbonyl (C=O) groups excluding carboxylic acids is 1. The predicted octanol–water partition coefficient (Wildman–Crippen LogP) is 1.88. The minimum absolute atomic E-state index is 0.0568. The zero-order chi connectivity index (χ0) is 15.4. The molecule has 1 fully saturated rings. The topological polar surface area (TPSA) is 76.2 Å². The maximum Gasteiger partial charge on any atom is 0.253 e. The van der Waals surface area contributed by atoms with Gasteiger partial charge in [0.15, 0.2) is 0 Å². The fraction of sp³-hybridized carbons (Fsp3) is 0.467. The van der Waals surface area contributed by atoms with Gasteiger partial charge in [-0.1, -0.05) is 0 Å². The Balaban J connectivity index is 1.60. The van der Waals surface area contributed by atoms with Crippen molar-refractivity contribution < 1.29 is 14.3 Å². The molecule has 0 saturated carbocycles. The van der Waals surface area contributed by atoms with Gasteiger partial charge in [0.05, 0.1) is 42.1 Å². The number of aryl methyl sites for hydroxylation is 1. The van der Waals surface area contributed by atoms with E-state index in [0.29, 0.717) is 25.4 Å². The Bertz CT molecular complexity index is 611. The molecule has 1 amide bonds. The first kappa shape index (κ1) is 15.2. The van der Waals surface area contributed by atoms with E-state index in [1.807, 2.05) is 12.3 Å². The molecule has 1 aliphatic heterocycles. The van der Waals surface area contributed by atoms with Crippen molar-refractivity contribution in [3.63, 3.8) is 0 Å². The van der Waals surface area contributed by atoms with Crippen LogP contribution in [0.4, 0.5) is 0 Å². The molecule has 0 radical (unpaired) electrons. The van der Waals surface area contributed by atoms with Gasteiger partial charge in [-0.15, -0.1) is 11.3 Å². The van der Waals surface area contributed by atoms with Crippen molar-refractivity contribution in [2.75, 3.05) is 13.2 Å². The molecule has 0 unspecified atom stereocenters. The highest BCUT2D eigenvalue weighted by Crippen LogP contribution is 2.16. The number of thiazole rings is 1. The molecule has 1 aliphatic rings. The van der Waals surface area contributed by atoms with Gasteiger partial charge in [-0.3, -0.25) is 4.79 Å². The van der Waals surface area contributed by atoms with Crippen LogP contribution in [-0.2, 0) is 16.1 Å². The second kappa shape index (κ2) is 7.04. The number of nitrogens with one attached hydrogen (secondary N) is 2. The highest BCUT2D eigenvalue weighted by molar-refractivity contribution is 7.07. The fourth-order valence-corrected chi connectivity index (χ4v) is 3.04. The zero-order valence-electron chi connectivity index (χ0n) is 12.4. The molecule has 0 bridgehead atoms. The van der Waals surface area contributed by atoms with Crippen molar-refractivity contribution >= 4 is 17.2 Å². The van der Waals surface area contributed by atoms with Crippen LogP contribution in [0, 0.1) is 6.92 Å². The third kappa shape index (κ3) is 3.55. The van der Waals surface area contributed by atoms with Crippen molar-refractivity contribution in [2.45, 2.75) is 32.1 Å². The van der Waals surface area contributed by atoms with Crippen LogP contribution in [0.15, 0.2) is 23.2 Å². The van der Waals surface area contributed by atoms with Gasteiger partial charge in [0.25, 0.3) is 5.91 Å². The van der Waals surface area contributed by atoms with Crippen LogP contribution in [0.25, 0.3) is 0 Å². The summed E-state index contributed by atoms with van der Waals surface area (Å²) in [6, 6.07) is 1.63. The highest BCUT2D eigenvalue weighted by atomic mass is 32.1. The first-order chi connectivity index (χ1) is 10.7. The van der Waals surface area contributed by atoms with E-state index in [0.717, 1.165) is 17.8 Å². The normalized spacial score (nSPS) is 21.7. The molecule has 3 heterocycles. The van der Waals surface area contributed by atoms with E-state index in [4.69, 9.17) is 9.47 Å². The summed E-state index contributed by atoms with van der Waals surface area (Å²) < 4.78 is 11.4. The first-order valence-corrected chi connectivity index (χ1v) is 8.19. The lowest BCUT2D eigenvalue weighted by Crippen LogP contribution is -2.50. The summed E-state index contributed by atoms with van der Waals surface area (Å²) in [5, 5.41) is 4.98. The third-order valence-corrected chi connectivity index (χ3v) is 4.37. The van der Waals surface area contributed by atoms with Crippen LogP contribution in [0.3, 0.4) is 0 Å². The number of aromatic nitrogens is 2. The second-order valence-electron chi connectivity index (χ2n) is 5.29. The van der Waals surface area contributed by atoms with Gasteiger partial charge in [-0.25, -0.2) is 4.98 Å². The standard InChI is InChI=1S/C15H19N3O3S/c1-10-12(2-4-16-10)15(19)18-13-7-20-5-3-14(13)21-6-11-8-22-9-17-11/h2,4,8-9,13-14,16H,3,5-7H2,1H3,(H,18,19)/t13-,14+/m1/s1. The molecule has 2 aromatic heterocycles. The summed E-state index contributed by atoms with van der Waals surface area (Å²) >= 11 is 1.55. The van der Waals surface area contributed by atoms with Crippen LogP contribution >= 0.6 is 11.3 Å². The van der Waals surface area contributed by atoms with E-state index in [-0.39, 0.29) is 18.1 Å². The van der Waals surface area contributed by atoms with Crippen LogP contribution in [0.1, 0.15) is 28.2 Å². The Hall–Kier alpha value is -1.70. The Kier molecular flexibility index (Phi) is 4.87. The van der Waals surface area contributed by atoms with Gasteiger partial charge in [-0.2, -0.15) is 0 Å². The number of hydrogen-bond donors (Lipinski definition) is 2. The number of nitrogens with zero attached hydrogens (tertiary/aromatic N) is 1. The van der Waals surface area contributed by atoms with E-state index in [1.54, 1.807) is 29.1 Å². The van der Waals surface area contributed by atoms with E-state index in [1.165, 1.54) is 0 Å². The minimum Gasteiger partial charge on any atom is -0.379 e. The number of amides is 1. The quantitative estimate of drug-likeness (QED) is 0.881. The van der Waals surface area contributed by atoms with Crippen molar-refractivity contribution in [1.29, 1.82) is 0 Å². The Morgan fingerprint density at radius 3 is 3.27 bits per heavy atom. The summed E-state index contributed by atoms with van der Waals surface area (Å²) in [6.45, 7) is 3.46. The van der Waals surface area contributed by atoms with Gasteiger partial charge in [-0.05, 0) is 19.4 Å². The molecule has 6 nitrogen and oxygen atoms in total. The van der Waals surface area contributed by atoms with Crippen molar-refractivity contribution in [3.8, 4) is 0 Å². The number of ether oxygens (including phenoxy) is 2. The molecule has 0 aromatic carbocycles. The molecule has 7 heteroatoms. The molecule has 0 spiro atoms. The Morgan fingerprint density at radius 1 is 1.64 bits per heavy atom. The molecule has 1 saturated heterocycles. The molecule has 2 N–H and O–H groups in total. The number of aromatic amines is 1. The van der Waals surface area contributed by atoms with Gasteiger partial charge in [0.1, 0.15) is 0 Å². The number of carbonyl (C=O) groups is 1. The van der Waals surface area contributed by atoms with Crippen LogP contribution in [0.2, 0.25) is 0 Å². The fourth-order valence-electron chi connectivity index (χ4n) is 2.50. The number of hydrogen-bond acceptors (Lipinski definition) is 5. The Labute approximate surface area is 132 Å². The molecular formula is C15H19N3O3S. The SMILES string of the molecule is Cc1[nH]ccc1C(=O)N[C@@H]1COCC[C@@H]1OCc1cscn1. The zero-order valence-corrected chi connectivity index (χ0v) is 13.2. The number of rotatable bonds is 5. The predicted molar refractivity (Wildman–Crippen MR) is 82.9 cm³/mol. The van der Waals surface area contributed by atoms with Gasteiger partial charge >= 0.3 is 0 Å². The number of H-pyrrole nitrogens is 1. The van der Waals surface area contributed by atoms with Crippen LogP contribution in [-0.4, -0.2) is 41.2 Å². The summed E-state index contributed by atoms with van der Waals surface area (Å²) in [7, 11) is 0. The van der Waals surface area contributed by atoms with E-state index in [9.17, 15) is 4.79 Å². The first-order valence-electron chi connectivity index (χ1n) is 7.25. The molecule has 2 atom stereocenters. The highest BCUT2D eigenvalue weighted by Gasteiger charge is 2.28. The summed E-state index contributed by atoms with van der Waals surface area (Å²) in [5.41, 5.74) is 4.22. The molecule has 2 aromatic rings. The van der Waals surface area contributed by atoms with Gasteiger partial charge in [0.2, 0.25) is 0 Å². The van der Waals surface area contributed by atoms with E-state index < -0.39 is 0 Å². The molecule has 22 heavy (non-hydrogen) atoms. The molecular weight excluding hydrogens is 302 g/mol. The molecule has 118 valence electrons. The third-order valence-electron chi connectivity index (χ3n) is 3.74. The van der Waals surface area contributed by atoms with Crippen LogP contribution in [0.5, 0.6) is 0 Å².